The first kappa shape index (κ1) is 84.0. The maximum Gasteiger partial charge on any atom is 0.238 e. The third kappa shape index (κ3) is 13.8. The SMILES string of the molecule is c1ccc(-c2cc(-c3ccccc3)nc(-n3cc4c5c(cccc53)-c3c(c5ccccc5c5ccccc35)-c3ccccc3-4)n2)cc1.c1ccc(-c2nc(-c3ccccc3)nc(-c3cccc(-n4cc5c6c(cccc64)-c4c(c6ccccc6c6ccccc46)-c4ccccc4-5)c3)n2)cc1.c1ccc(-c2nc(-c3ccccc3)nc(-n3cc4c5c(cccc53)-c3c(c5ccccc5c5ccccc35)-c3ccccc3-4)n2)cc1. The summed E-state index contributed by atoms with van der Waals surface area (Å²) in [5.74, 6) is 4.46. The van der Waals surface area contributed by atoms with Crippen molar-refractivity contribution in [3.8, 4) is 197 Å². The average Bonchev–Trinajstić information content (AvgIpc) is 1.58. The fourth-order valence-electron chi connectivity index (χ4n) is 23.2. The minimum Gasteiger partial charge on any atom is -0.316 e. The zero-order valence-electron chi connectivity index (χ0n) is 79.3. The summed E-state index contributed by atoms with van der Waals surface area (Å²) >= 11 is 0. The number of rotatable bonds is 10. The van der Waals surface area contributed by atoms with Gasteiger partial charge in [0.05, 0.1) is 27.9 Å². The van der Waals surface area contributed by atoms with Gasteiger partial charge in [0.15, 0.2) is 29.1 Å². The zero-order chi connectivity index (χ0) is 96.7. The number of hydrogen-bond acceptors (Lipinski definition) is 8. The van der Waals surface area contributed by atoms with Crippen LogP contribution in [0.2, 0.25) is 0 Å². The molecule has 147 heavy (non-hydrogen) atoms. The summed E-state index contributed by atoms with van der Waals surface area (Å²) in [6.07, 6.45) is 6.80. The molecule has 0 saturated carbocycles. The minimum absolute atomic E-state index is 0.591. The lowest BCUT2D eigenvalue weighted by molar-refractivity contribution is 0.934. The molecule has 0 bridgehead atoms. The molecule has 0 saturated heterocycles. The van der Waals surface area contributed by atoms with Crippen LogP contribution in [0.15, 0.2) is 504 Å². The molecule has 22 aromatic carbocycles. The average molecular weight is 1870 g/mol. The number of aromatic nitrogens is 11. The monoisotopic (exact) mass is 1870 g/mol. The van der Waals surface area contributed by atoms with Crippen molar-refractivity contribution in [3.63, 3.8) is 0 Å². The number of benzene rings is 22. The van der Waals surface area contributed by atoms with Crippen LogP contribution in [0, 0.1) is 0 Å². The lowest BCUT2D eigenvalue weighted by Gasteiger charge is -2.19. The molecule has 0 amide bonds. The Morgan fingerprint density at radius 3 is 0.667 bits per heavy atom. The summed E-state index contributed by atoms with van der Waals surface area (Å²) in [6.45, 7) is 0. The van der Waals surface area contributed by atoms with Crippen LogP contribution in [-0.2, 0) is 0 Å². The van der Waals surface area contributed by atoms with Gasteiger partial charge in [-0.15, -0.1) is 0 Å². The first-order chi connectivity index (χ1) is 73.0. The van der Waals surface area contributed by atoms with E-state index in [4.69, 9.17) is 39.9 Å². The summed E-state index contributed by atoms with van der Waals surface area (Å²) < 4.78 is 6.68. The van der Waals surface area contributed by atoms with E-state index in [1.165, 1.54) is 181 Å². The summed E-state index contributed by atoms with van der Waals surface area (Å²) in [5, 5.41) is 18.9. The normalized spacial score (nSPS) is 11.8. The standard InChI is InChI=1S/C49H30N4.C44H27N3.C43H26N4/c1-3-15-31(16-4-1)47-50-48(32-17-5-2-6-18-32)52-49(51-47)33-19-13-20-34(29-33)53-30-42-37-23-9-12-26-40(37)45-38-24-10-7-21-35(38)36-22-8-11-25-39(36)46(45)41-27-14-28-43(53)44(41)42;1-3-14-28(15-4-1)38-26-39(29-16-5-2-6-17-29)46-44(45-38)47-27-37-32-20-9-12-23-35(32)42-33-21-10-7-18-30(33)31-19-8-11-22-34(31)43(42)36-24-13-25-40(47)41(36)37;1-3-14-27(15-4-1)41-44-42(28-16-5-2-6-17-28)46-43(45-41)47-26-36-31-20-9-12-23-34(31)39-32-21-10-7-18-29(32)30-19-8-11-22-33(30)40(39)35-24-13-25-37(47)38(35)36/h1-30H;1-27H;1-26H. The van der Waals surface area contributed by atoms with Gasteiger partial charge in [-0.2, -0.15) is 9.97 Å². The van der Waals surface area contributed by atoms with E-state index in [-0.39, 0.29) is 0 Å². The number of nitrogens with zero attached hydrogens (tertiary/aromatic N) is 11. The van der Waals surface area contributed by atoms with Gasteiger partial charge in [0.2, 0.25) is 11.9 Å². The van der Waals surface area contributed by atoms with Gasteiger partial charge in [-0.25, -0.2) is 29.9 Å². The Balaban J connectivity index is 0.000000104. The number of hydrogen-bond donors (Lipinski definition) is 0. The van der Waals surface area contributed by atoms with Crippen molar-refractivity contribution >= 4 is 97.3 Å². The largest absolute Gasteiger partial charge is 0.316 e. The minimum atomic E-state index is 0.591. The van der Waals surface area contributed by atoms with Gasteiger partial charge in [-0.3, -0.25) is 9.13 Å². The van der Waals surface area contributed by atoms with Gasteiger partial charge in [-0.1, -0.05) is 449 Å². The molecule has 3 aliphatic rings. The topological polar surface area (TPSA) is 118 Å². The summed E-state index contributed by atoms with van der Waals surface area (Å²) in [7, 11) is 0. The Labute approximate surface area is 846 Å². The van der Waals surface area contributed by atoms with Crippen molar-refractivity contribution in [1.82, 2.24) is 53.6 Å². The Bertz CT molecular complexity index is 9700. The molecule has 0 aliphatic heterocycles. The van der Waals surface area contributed by atoms with Crippen LogP contribution in [-0.4, -0.2) is 53.6 Å². The van der Waals surface area contributed by atoms with E-state index >= 15 is 0 Å². The van der Waals surface area contributed by atoms with Gasteiger partial charge >= 0.3 is 0 Å². The Morgan fingerprint density at radius 2 is 0.354 bits per heavy atom. The van der Waals surface area contributed by atoms with Crippen molar-refractivity contribution in [2.24, 2.45) is 0 Å². The summed E-state index contributed by atoms with van der Waals surface area (Å²) in [6, 6.07) is 172. The highest BCUT2D eigenvalue weighted by molar-refractivity contribution is 6.31. The van der Waals surface area contributed by atoms with E-state index in [1.54, 1.807) is 0 Å². The summed E-state index contributed by atoms with van der Waals surface area (Å²) in [5.41, 5.74) is 35.3. The molecular formula is C136H83N11. The molecule has 0 N–H and O–H groups in total. The van der Waals surface area contributed by atoms with E-state index in [1.807, 2.05) is 133 Å². The van der Waals surface area contributed by atoms with E-state index in [0.717, 1.165) is 72.6 Å². The van der Waals surface area contributed by atoms with Crippen molar-refractivity contribution in [2.45, 2.75) is 0 Å². The van der Waals surface area contributed by atoms with E-state index in [9.17, 15) is 0 Å². The highest BCUT2D eigenvalue weighted by Crippen LogP contribution is 2.59. The maximum atomic E-state index is 5.21. The molecule has 0 atom stereocenters. The van der Waals surface area contributed by atoms with Gasteiger partial charge in [0, 0.05) is 96.1 Å². The van der Waals surface area contributed by atoms with E-state index in [0.29, 0.717) is 41.0 Å². The molecule has 3 aliphatic carbocycles. The lowest BCUT2D eigenvalue weighted by atomic mass is 9.85. The zero-order valence-corrected chi connectivity index (χ0v) is 79.3. The van der Waals surface area contributed by atoms with Crippen LogP contribution in [0.3, 0.4) is 0 Å². The number of fused-ring (bicyclic) bond motifs is 30. The highest BCUT2D eigenvalue weighted by atomic mass is 15.2. The molecular weight excluding hydrogens is 1790 g/mol. The highest BCUT2D eigenvalue weighted by Gasteiger charge is 2.34. The van der Waals surface area contributed by atoms with Crippen LogP contribution in [0.4, 0.5) is 0 Å². The molecule has 6 heterocycles. The third-order valence-corrected chi connectivity index (χ3v) is 29.6. The summed E-state index contributed by atoms with van der Waals surface area (Å²) in [4.78, 5) is 40.6. The molecule has 0 unspecified atom stereocenters. The Kier molecular flexibility index (Phi) is 19.7. The van der Waals surface area contributed by atoms with Gasteiger partial charge in [-0.05, 0) is 184 Å². The molecule has 28 aromatic rings. The molecule has 31 rings (SSSR count). The van der Waals surface area contributed by atoms with Crippen molar-refractivity contribution in [2.75, 3.05) is 0 Å². The Hall–Kier alpha value is -19.9. The second kappa shape index (κ2) is 34.5. The molecule has 0 spiro atoms. The molecule has 11 nitrogen and oxygen atoms in total. The van der Waals surface area contributed by atoms with Crippen LogP contribution >= 0.6 is 0 Å². The van der Waals surface area contributed by atoms with Crippen molar-refractivity contribution in [1.29, 1.82) is 0 Å². The third-order valence-electron chi connectivity index (χ3n) is 29.6. The molecule has 682 valence electrons. The molecule has 0 fully saturated rings. The van der Waals surface area contributed by atoms with E-state index in [2.05, 4.69) is 384 Å². The molecule has 0 radical (unpaired) electrons. The fraction of sp³-hybridized carbons (Fsp3) is 0. The van der Waals surface area contributed by atoms with Gasteiger partial charge in [0.25, 0.3) is 0 Å². The second-order valence-corrected chi connectivity index (χ2v) is 37.8. The second-order valence-electron chi connectivity index (χ2n) is 37.8. The molecule has 6 aromatic heterocycles. The first-order valence-electron chi connectivity index (χ1n) is 49.9. The lowest BCUT2D eigenvalue weighted by Crippen LogP contribution is -2.05. The Morgan fingerprint density at radius 1 is 0.136 bits per heavy atom. The van der Waals surface area contributed by atoms with Crippen molar-refractivity contribution < 1.29 is 0 Å². The van der Waals surface area contributed by atoms with E-state index < -0.39 is 0 Å². The van der Waals surface area contributed by atoms with Crippen LogP contribution in [0.1, 0.15) is 0 Å². The first-order valence-corrected chi connectivity index (χ1v) is 49.9. The van der Waals surface area contributed by atoms with Gasteiger partial charge < -0.3 is 4.57 Å². The maximum absolute atomic E-state index is 5.21. The van der Waals surface area contributed by atoms with Crippen LogP contribution in [0.5, 0.6) is 0 Å². The smallest absolute Gasteiger partial charge is 0.238 e. The predicted molar refractivity (Wildman–Crippen MR) is 605 cm³/mol. The molecule has 11 heteroatoms. The predicted octanol–water partition coefficient (Wildman–Crippen LogP) is 34.6. The fourth-order valence-corrected chi connectivity index (χ4v) is 23.2. The van der Waals surface area contributed by atoms with Crippen LogP contribution < -0.4 is 0 Å². The van der Waals surface area contributed by atoms with Crippen LogP contribution in [0.25, 0.3) is 295 Å². The quantitative estimate of drug-likeness (QED) is 0.124. The van der Waals surface area contributed by atoms with Gasteiger partial charge in [0.1, 0.15) is 0 Å². The van der Waals surface area contributed by atoms with Crippen molar-refractivity contribution in [3.05, 3.63) is 504 Å².